The van der Waals surface area contributed by atoms with Crippen molar-refractivity contribution in [1.82, 2.24) is 0 Å². The van der Waals surface area contributed by atoms with Gasteiger partial charge in [0, 0.05) is 16.4 Å². The quantitative estimate of drug-likeness (QED) is 0.654. The van der Waals surface area contributed by atoms with Gasteiger partial charge in [-0.3, -0.25) is 4.79 Å². The van der Waals surface area contributed by atoms with Crippen molar-refractivity contribution in [2.45, 2.75) is 37.5 Å². The van der Waals surface area contributed by atoms with Crippen molar-refractivity contribution in [1.29, 1.82) is 0 Å². The van der Waals surface area contributed by atoms with E-state index in [2.05, 4.69) is 6.92 Å². The maximum atomic E-state index is 11.8. The van der Waals surface area contributed by atoms with Gasteiger partial charge in [0.2, 0.25) is 0 Å². The summed E-state index contributed by atoms with van der Waals surface area (Å²) in [5.41, 5.74) is -0.172. The highest BCUT2D eigenvalue weighted by Gasteiger charge is 2.35. The molecule has 0 bridgehead atoms. The zero-order valence-electron chi connectivity index (χ0n) is 8.09. The van der Waals surface area contributed by atoms with E-state index in [1.54, 1.807) is 11.8 Å². The molecule has 3 heteroatoms. The number of carbonyl (C=O) groups is 1. The van der Waals surface area contributed by atoms with Crippen LogP contribution in [0.2, 0.25) is 0 Å². The number of ketones is 1. The summed E-state index contributed by atoms with van der Waals surface area (Å²) in [5.74, 6) is 1.51. The van der Waals surface area contributed by atoms with Gasteiger partial charge in [-0.05, 0) is 0 Å². The largest absolute Gasteiger partial charge is 0.297 e. The van der Waals surface area contributed by atoms with E-state index in [-0.39, 0.29) is 10.00 Å². The van der Waals surface area contributed by atoms with Crippen LogP contribution >= 0.6 is 23.5 Å². The Hall–Kier alpha value is 0.370. The zero-order valence-corrected chi connectivity index (χ0v) is 9.72. The molecule has 0 amide bonds. The molecule has 1 rings (SSSR count). The van der Waals surface area contributed by atoms with Crippen molar-refractivity contribution >= 4 is 29.3 Å². The van der Waals surface area contributed by atoms with Gasteiger partial charge in [0.25, 0.3) is 0 Å². The minimum absolute atomic E-state index is 0.172. The maximum Gasteiger partial charge on any atom is 0.161 e. The van der Waals surface area contributed by atoms with E-state index in [0.29, 0.717) is 11.0 Å². The zero-order chi connectivity index (χ0) is 9.35. The Morgan fingerprint density at radius 2 is 2.00 bits per heavy atom. The highest BCUT2D eigenvalue weighted by atomic mass is 32.2. The lowest BCUT2D eigenvalue weighted by Crippen LogP contribution is -2.27. The van der Waals surface area contributed by atoms with E-state index < -0.39 is 0 Å². The SMILES string of the molecule is CC1CSC(C(=O)C(C)(C)C)S1. The predicted molar refractivity (Wildman–Crippen MR) is 57.8 cm³/mol. The lowest BCUT2D eigenvalue weighted by molar-refractivity contribution is -0.124. The van der Waals surface area contributed by atoms with Crippen molar-refractivity contribution in [3.8, 4) is 0 Å². The topological polar surface area (TPSA) is 17.1 Å². The summed E-state index contributed by atoms with van der Waals surface area (Å²) >= 11 is 3.61. The lowest BCUT2D eigenvalue weighted by Gasteiger charge is -2.20. The highest BCUT2D eigenvalue weighted by Crippen LogP contribution is 2.41. The summed E-state index contributed by atoms with van der Waals surface area (Å²) in [6, 6.07) is 0. The first-order chi connectivity index (χ1) is 5.41. The van der Waals surface area contributed by atoms with Gasteiger partial charge in [-0.1, -0.05) is 27.7 Å². The molecule has 1 saturated heterocycles. The minimum atomic E-state index is -0.172. The molecule has 1 heterocycles. The summed E-state index contributed by atoms with van der Waals surface area (Å²) in [6.07, 6.45) is 0. The first kappa shape index (κ1) is 10.5. The van der Waals surface area contributed by atoms with Crippen LogP contribution in [-0.2, 0) is 4.79 Å². The van der Waals surface area contributed by atoms with E-state index in [9.17, 15) is 4.79 Å². The van der Waals surface area contributed by atoms with E-state index in [0.717, 1.165) is 5.75 Å². The molecule has 0 N–H and O–H groups in total. The number of rotatable bonds is 1. The van der Waals surface area contributed by atoms with Gasteiger partial charge in [-0.25, -0.2) is 0 Å². The van der Waals surface area contributed by atoms with Crippen LogP contribution in [0.4, 0.5) is 0 Å². The summed E-state index contributed by atoms with van der Waals surface area (Å²) in [4.78, 5) is 11.8. The van der Waals surface area contributed by atoms with E-state index in [1.807, 2.05) is 32.5 Å². The van der Waals surface area contributed by atoms with Crippen molar-refractivity contribution in [3.05, 3.63) is 0 Å². The van der Waals surface area contributed by atoms with Crippen LogP contribution in [-0.4, -0.2) is 21.4 Å². The molecule has 0 radical (unpaired) electrons. The minimum Gasteiger partial charge on any atom is -0.297 e. The first-order valence-electron chi connectivity index (χ1n) is 4.22. The number of hydrogen-bond donors (Lipinski definition) is 0. The Labute approximate surface area is 83.1 Å². The van der Waals surface area contributed by atoms with Gasteiger partial charge in [0.1, 0.15) is 4.58 Å². The highest BCUT2D eigenvalue weighted by molar-refractivity contribution is 8.21. The molecule has 70 valence electrons. The first-order valence-corrected chi connectivity index (χ1v) is 6.22. The molecule has 1 aliphatic rings. The number of thioether (sulfide) groups is 2. The molecule has 0 aliphatic carbocycles. The molecule has 0 aromatic carbocycles. The fraction of sp³-hybridized carbons (Fsp3) is 0.889. The van der Waals surface area contributed by atoms with Crippen LogP contribution in [0.3, 0.4) is 0 Å². The molecule has 0 spiro atoms. The molecular weight excluding hydrogens is 188 g/mol. The summed E-state index contributed by atoms with van der Waals surface area (Å²) < 4.78 is 0.194. The summed E-state index contributed by atoms with van der Waals surface area (Å²) in [5, 5.41) is 0.645. The molecule has 1 aliphatic heterocycles. The van der Waals surface area contributed by atoms with Crippen molar-refractivity contribution in [3.63, 3.8) is 0 Å². The van der Waals surface area contributed by atoms with Gasteiger partial charge < -0.3 is 0 Å². The molecule has 0 aromatic rings. The summed E-state index contributed by atoms with van der Waals surface area (Å²) in [7, 11) is 0. The standard InChI is InChI=1S/C9H16OS2/c1-6-5-11-8(12-6)7(10)9(2,3)4/h6,8H,5H2,1-4H3. The Morgan fingerprint density at radius 1 is 1.42 bits per heavy atom. The van der Waals surface area contributed by atoms with Crippen LogP contribution < -0.4 is 0 Å². The van der Waals surface area contributed by atoms with Crippen molar-refractivity contribution < 1.29 is 4.79 Å². The third-order valence-electron chi connectivity index (χ3n) is 1.79. The maximum absolute atomic E-state index is 11.8. The van der Waals surface area contributed by atoms with Crippen molar-refractivity contribution in [2.24, 2.45) is 5.41 Å². The van der Waals surface area contributed by atoms with Crippen LogP contribution in [0.5, 0.6) is 0 Å². The second-order valence-corrected chi connectivity index (χ2v) is 7.21. The number of hydrogen-bond acceptors (Lipinski definition) is 3. The van der Waals surface area contributed by atoms with E-state index in [1.165, 1.54) is 0 Å². The molecule has 0 aromatic heterocycles. The normalized spacial score (nSPS) is 30.7. The lowest BCUT2D eigenvalue weighted by atomic mass is 9.92. The molecular formula is C9H16OS2. The second-order valence-electron chi connectivity index (χ2n) is 4.23. The smallest absolute Gasteiger partial charge is 0.161 e. The average molecular weight is 204 g/mol. The van der Waals surface area contributed by atoms with E-state index >= 15 is 0 Å². The Bertz CT molecular complexity index is 183. The third kappa shape index (κ3) is 2.43. The fourth-order valence-electron chi connectivity index (χ4n) is 1.00. The molecule has 1 fully saturated rings. The Morgan fingerprint density at radius 3 is 2.33 bits per heavy atom. The average Bonchev–Trinajstić information content (AvgIpc) is 2.32. The van der Waals surface area contributed by atoms with Crippen LogP contribution in [0.15, 0.2) is 0 Å². The molecule has 1 nitrogen and oxygen atoms in total. The van der Waals surface area contributed by atoms with E-state index in [4.69, 9.17) is 0 Å². The van der Waals surface area contributed by atoms with Gasteiger partial charge in [0.15, 0.2) is 5.78 Å². The monoisotopic (exact) mass is 204 g/mol. The van der Waals surface area contributed by atoms with Crippen LogP contribution in [0.25, 0.3) is 0 Å². The van der Waals surface area contributed by atoms with Gasteiger partial charge in [0.05, 0.1) is 0 Å². The fourth-order valence-corrected chi connectivity index (χ4v) is 4.52. The second kappa shape index (κ2) is 3.62. The molecule has 2 unspecified atom stereocenters. The van der Waals surface area contributed by atoms with Crippen LogP contribution in [0.1, 0.15) is 27.7 Å². The number of Topliss-reactive ketones (excluding diaryl/α,β-unsaturated/α-hetero) is 1. The third-order valence-corrected chi connectivity index (χ3v) is 5.05. The Balaban J connectivity index is 2.55. The Kier molecular flexibility index (Phi) is 3.16. The molecule has 2 atom stereocenters. The molecule has 12 heavy (non-hydrogen) atoms. The predicted octanol–water partition coefficient (Wildman–Crippen LogP) is 2.80. The number of carbonyl (C=O) groups excluding carboxylic acids is 1. The van der Waals surface area contributed by atoms with Gasteiger partial charge >= 0.3 is 0 Å². The van der Waals surface area contributed by atoms with Crippen molar-refractivity contribution in [2.75, 3.05) is 5.75 Å². The van der Waals surface area contributed by atoms with Gasteiger partial charge in [-0.15, -0.1) is 23.5 Å². The molecule has 0 saturated carbocycles. The van der Waals surface area contributed by atoms with Crippen LogP contribution in [0, 0.1) is 5.41 Å². The van der Waals surface area contributed by atoms with Gasteiger partial charge in [-0.2, -0.15) is 0 Å². The summed E-state index contributed by atoms with van der Waals surface area (Å²) in [6.45, 7) is 8.19.